The summed E-state index contributed by atoms with van der Waals surface area (Å²) in [6.07, 6.45) is 0.0520. The van der Waals surface area contributed by atoms with Gasteiger partial charge in [0.05, 0.1) is 12.8 Å². The van der Waals surface area contributed by atoms with Crippen LogP contribution in [-0.4, -0.2) is 41.3 Å². The molecule has 0 spiro atoms. The van der Waals surface area contributed by atoms with Crippen molar-refractivity contribution >= 4 is 51.7 Å². The van der Waals surface area contributed by atoms with Crippen molar-refractivity contribution < 1.29 is 14.3 Å². The molecule has 1 aliphatic rings. The van der Waals surface area contributed by atoms with Gasteiger partial charge in [-0.3, -0.25) is 14.5 Å². The minimum atomic E-state index is -0.518. The molecule has 28 heavy (non-hydrogen) atoms. The predicted octanol–water partition coefficient (Wildman–Crippen LogP) is 4.25. The largest absolute Gasteiger partial charge is 0.497 e. The molecule has 1 heterocycles. The second-order valence-electron chi connectivity index (χ2n) is 6.32. The van der Waals surface area contributed by atoms with E-state index in [-0.39, 0.29) is 18.2 Å². The molecule has 8 heteroatoms. The van der Waals surface area contributed by atoms with E-state index >= 15 is 0 Å². The fraction of sp³-hybridized carbons (Fsp3) is 0.250. The Bertz CT molecular complexity index is 948. The molecule has 1 atom stereocenters. The second kappa shape index (κ2) is 8.67. The Morgan fingerprint density at radius 2 is 2.11 bits per heavy atom. The molecule has 1 aliphatic heterocycles. The molecule has 0 aromatic heterocycles. The average Bonchev–Trinajstić information content (AvgIpc) is 2.92. The van der Waals surface area contributed by atoms with Crippen LogP contribution in [0, 0.1) is 6.92 Å². The number of benzene rings is 2. The van der Waals surface area contributed by atoms with Crippen LogP contribution in [0.3, 0.4) is 0 Å². The third-order valence-corrected chi connectivity index (χ3v) is 5.88. The molecule has 0 aliphatic carbocycles. The summed E-state index contributed by atoms with van der Waals surface area (Å²) in [5, 5.41) is 3.40. The number of amides is 2. The summed E-state index contributed by atoms with van der Waals surface area (Å²) in [5.41, 5.74) is 2.22. The summed E-state index contributed by atoms with van der Waals surface area (Å²) >= 11 is 7.37. The number of ether oxygens (including phenoxy) is 1. The fourth-order valence-electron chi connectivity index (χ4n) is 2.64. The molecule has 1 fully saturated rings. The lowest BCUT2D eigenvalue weighted by Crippen LogP contribution is -2.30. The van der Waals surface area contributed by atoms with Gasteiger partial charge >= 0.3 is 0 Å². The van der Waals surface area contributed by atoms with Crippen LogP contribution < -0.4 is 10.1 Å². The zero-order valence-electron chi connectivity index (χ0n) is 15.7. The molecule has 0 saturated carbocycles. The van der Waals surface area contributed by atoms with Gasteiger partial charge in [-0.25, -0.2) is 4.99 Å². The first-order chi connectivity index (χ1) is 13.4. The van der Waals surface area contributed by atoms with Gasteiger partial charge in [-0.15, -0.1) is 0 Å². The maximum Gasteiger partial charge on any atom is 0.242 e. The van der Waals surface area contributed by atoms with Crippen LogP contribution in [0.4, 0.5) is 11.4 Å². The van der Waals surface area contributed by atoms with Crippen LogP contribution in [0.1, 0.15) is 12.0 Å². The standard InChI is InChI=1S/C20H20ClN3O3S/c1-12-7-8-14(10-16(12)21)22-18(25)11-17-19(26)24(2)20(28-17)23-13-5-4-6-15(9-13)27-3/h4-10,17H,11H2,1-3H3,(H,22,25)/t17-/m1/s1. The minimum absolute atomic E-state index is 0.0520. The highest BCUT2D eigenvalue weighted by Crippen LogP contribution is 2.31. The Kier molecular flexibility index (Phi) is 6.26. The third kappa shape index (κ3) is 4.66. The topological polar surface area (TPSA) is 71.0 Å². The van der Waals surface area contributed by atoms with E-state index in [9.17, 15) is 9.59 Å². The van der Waals surface area contributed by atoms with Crippen molar-refractivity contribution in [2.24, 2.45) is 4.99 Å². The number of anilines is 1. The third-order valence-electron chi connectivity index (χ3n) is 4.25. The van der Waals surface area contributed by atoms with Gasteiger partial charge in [0.2, 0.25) is 11.8 Å². The molecular formula is C20H20ClN3O3S. The van der Waals surface area contributed by atoms with Crippen molar-refractivity contribution in [1.82, 2.24) is 4.90 Å². The van der Waals surface area contributed by atoms with E-state index in [2.05, 4.69) is 10.3 Å². The maximum absolute atomic E-state index is 12.5. The van der Waals surface area contributed by atoms with Gasteiger partial charge in [0, 0.05) is 30.2 Å². The summed E-state index contributed by atoms with van der Waals surface area (Å²) < 4.78 is 5.19. The molecule has 2 aromatic carbocycles. The molecule has 0 radical (unpaired) electrons. The number of hydrogen-bond donors (Lipinski definition) is 1. The van der Waals surface area contributed by atoms with Crippen LogP contribution in [0.5, 0.6) is 5.75 Å². The van der Waals surface area contributed by atoms with Crippen LogP contribution in [0.15, 0.2) is 47.5 Å². The lowest BCUT2D eigenvalue weighted by atomic mass is 10.2. The Labute approximate surface area is 172 Å². The molecule has 0 unspecified atom stereocenters. The number of aliphatic imine (C=N–C) groups is 1. The second-order valence-corrected chi connectivity index (χ2v) is 7.89. The van der Waals surface area contributed by atoms with Gasteiger partial charge in [-0.1, -0.05) is 35.5 Å². The first kappa shape index (κ1) is 20.2. The van der Waals surface area contributed by atoms with Crippen molar-refractivity contribution in [2.45, 2.75) is 18.6 Å². The summed E-state index contributed by atoms with van der Waals surface area (Å²) in [7, 11) is 3.24. The SMILES string of the molecule is COc1cccc(N=C2S[C@H](CC(=O)Nc3ccc(C)c(Cl)c3)C(=O)N2C)c1. The highest BCUT2D eigenvalue weighted by atomic mass is 35.5. The van der Waals surface area contributed by atoms with Gasteiger partial charge in [0.15, 0.2) is 5.17 Å². The lowest BCUT2D eigenvalue weighted by Gasteiger charge is -2.10. The lowest BCUT2D eigenvalue weighted by molar-refractivity contribution is -0.127. The van der Waals surface area contributed by atoms with Crippen LogP contribution >= 0.6 is 23.4 Å². The molecule has 3 rings (SSSR count). The van der Waals surface area contributed by atoms with Crippen molar-refractivity contribution in [1.29, 1.82) is 0 Å². The number of methoxy groups -OCH3 is 1. The molecule has 0 bridgehead atoms. The van der Waals surface area contributed by atoms with E-state index < -0.39 is 5.25 Å². The van der Waals surface area contributed by atoms with E-state index in [1.165, 1.54) is 16.7 Å². The van der Waals surface area contributed by atoms with E-state index in [1.807, 2.05) is 31.2 Å². The molecule has 1 N–H and O–H groups in total. The van der Waals surface area contributed by atoms with Crippen molar-refractivity contribution in [3.8, 4) is 5.75 Å². The normalized spacial score (nSPS) is 17.9. The first-order valence-corrected chi connectivity index (χ1v) is 9.86. The highest BCUT2D eigenvalue weighted by molar-refractivity contribution is 8.15. The number of hydrogen-bond acceptors (Lipinski definition) is 5. The number of nitrogens with zero attached hydrogens (tertiary/aromatic N) is 2. The zero-order valence-corrected chi connectivity index (χ0v) is 17.3. The maximum atomic E-state index is 12.5. The number of rotatable bonds is 5. The number of thioether (sulfide) groups is 1. The van der Waals surface area contributed by atoms with Crippen LogP contribution in [0.2, 0.25) is 5.02 Å². The number of halogens is 1. The number of amidine groups is 1. The summed E-state index contributed by atoms with van der Waals surface area (Å²) in [4.78, 5) is 30.9. The van der Waals surface area contributed by atoms with E-state index in [1.54, 1.807) is 32.4 Å². The molecule has 2 amide bonds. The van der Waals surface area contributed by atoms with Gasteiger partial charge in [-0.05, 0) is 36.8 Å². The van der Waals surface area contributed by atoms with Crippen LogP contribution in [0.25, 0.3) is 0 Å². The molecule has 1 saturated heterocycles. The zero-order chi connectivity index (χ0) is 20.3. The van der Waals surface area contributed by atoms with Crippen LogP contribution in [-0.2, 0) is 9.59 Å². The highest BCUT2D eigenvalue weighted by Gasteiger charge is 2.37. The number of carbonyl (C=O) groups is 2. The van der Waals surface area contributed by atoms with Gasteiger partial charge < -0.3 is 10.1 Å². The van der Waals surface area contributed by atoms with Gasteiger partial charge in [0.1, 0.15) is 11.0 Å². The quantitative estimate of drug-likeness (QED) is 0.789. The monoisotopic (exact) mass is 417 g/mol. The summed E-state index contributed by atoms with van der Waals surface area (Å²) in [6, 6.07) is 12.6. The van der Waals surface area contributed by atoms with Crippen molar-refractivity contribution in [3.05, 3.63) is 53.1 Å². The Hall–Kier alpha value is -2.51. The van der Waals surface area contributed by atoms with Gasteiger partial charge in [0.25, 0.3) is 0 Å². The number of nitrogens with one attached hydrogen (secondary N) is 1. The molecule has 6 nitrogen and oxygen atoms in total. The molecular weight excluding hydrogens is 398 g/mol. The Morgan fingerprint density at radius 1 is 1.32 bits per heavy atom. The number of aryl methyl sites for hydroxylation is 1. The Balaban J connectivity index is 1.68. The fourth-order valence-corrected chi connectivity index (χ4v) is 3.97. The predicted molar refractivity (Wildman–Crippen MR) is 114 cm³/mol. The van der Waals surface area contributed by atoms with E-state index in [4.69, 9.17) is 16.3 Å². The molecule has 146 valence electrons. The summed E-state index contributed by atoms with van der Waals surface area (Å²) in [6.45, 7) is 1.89. The smallest absolute Gasteiger partial charge is 0.242 e. The van der Waals surface area contributed by atoms with E-state index in [0.29, 0.717) is 27.3 Å². The van der Waals surface area contributed by atoms with Gasteiger partial charge in [-0.2, -0.15) is 0 Å². The molecule has 2 aromatic rings. The minimum Gasteiger partial charge on any atom is -0.497 e. The first-order valence-electron chi connectivity index (χ1n) is 8.60. The Morgan fingerprint density at radius 3 is 2.82 bits per heavy atom. The van der Waals surface area contributed by atoms with Crippen molar-refractivity contribution in [3.63, 3.8) is 0 Å². The number of carbonyl (C=O) groups excluding carboxylic acids is 2. The van der Waals surface area contributed by atoms with E-state index in [0.717, 1.165) is 5.56 Å². The summed E-state index contributed by atoms with van der Waals surface area (Å²) in [5.74, 6) is 0.289. The average molecular weight is 418 g/mol. The van der Waals surface area contributed by atoms with Crippen molar-refractivity contribution in [2.75, 3.05) is 19.5 Å².